The minimum absolute atomic E-state index is 0.0128. The predicted molar refractivity (Wildman–Crippen MR) is 57.5 cm³/mol. The van der Waals surface area contributed by atoms with Gasteiger partial charge in [0.25, 0.3) is 0 Å². The molecule has 6 heteroatoms. The number of aliphatic hydroxyl groups is 1. The second kappa shape index (κ2) is 10.7. The highest BCUT2D eigenvalue weighted by atomic mass is 16.6. The summed E-state index contributed by atoms with van der Waals surface area (Å²) in [5.41, 5.74) is 0. The quantitative estimate of drug-likeness (QED) is 0.149. The number of carbonyl (C=O) groups excluding carboxylic acids is 2. The maximum absolute atomic E-state index is 10.4. The van der Waals surface area contributed by atoms with E-state index in [9.17, 15) is 9.59 Å². The van der Waals surface area contributed by atoms with Crippen LogP contribution in [-0.4, -0.2) is 49.9 Å². The van der Waals surface area contributed by atoms with Crippen LogP contribution in [0.3, 0.4) is 0 Å². The first-order valence-electron chi connectivity index (χ1n) is 4.83. The molecule has 0 saturated carbocycles. The molecule has 0 fully saturated rings. The Morgan fingerprint density at radius 1 is 1.35 bits per heavy atom. The van der Waals surface area contributed by atoms with E-state index < -0.39 is 12.1 Å². The number of esters is 1. The molecule has 94 valence electrons. The van der Waals surface area contributed by atoms with Crippen LogP contribution >= 0.6 is 0 Å². The summed E-state index contributed by atoms with van der Waals surface area (Å²) in [4.78, 5) is 20.2. The van der Waals surface area contributed by atoms with Gasteiger partial charge < -0.3 is 19.3 Å². The smallest absolute Gasteiger partial charge is 0.371 e. The fourth-order valence-electron chi connectivity index (χ4n) is 0.804. The van der Waals surface area contributed by atoms with Gasteiger partial charge in [0, 0.05) is 0 Å². The monoisotopic (exact) mass is 242 g/mol. The number of aldehydes is 1. The maximum atomic E-state index is 10.4. The van der Waals surface area contributed by atoms with Crippen molar-refractivity contribution in [3.8, 4) is 12.0 Å². The van der Waals surface area contributed by atoms with Gasteiger partial charge in [-0.15, -0.1) is 0 Å². The van der Waals surface area contributed by atoms with Crippen LogP contribution in [0.5, 0.6) is 0 Å². The molecule has 1 unspecified atom stereocenters. The molecule has 0 amide bonds. The summed E-state index contributed by atoms with van der Waals surface area (Å²) in [6.45, 7) is 4.18. The van der Waals surface area contributed by atoms with Crippen molar-refractivity contribution in [1.82, 2.24) is 0 Å². The summed E-state index contributed by atoms with van der Waals surface area (Å²) in [5, 5.41) is 8.32. The van der Waals surface area contributed by atoms with Crippen molar-refractivity contribution in [1.29, 1.82) is 0 Å². The largest absolute Gasteiger partial charge is 0.462 e. The minimum Gasteiger partial charge on any atom is -0.462 e. The van der Waals surface area contributed by atoms with Gasteiger partial charge in [0.1, 0.15) is 18.8 Å². The van der Waals surface area contributed by atoms with Gasteiger partial charge in [-0.3, -0.25) is 4.79 Å². The zero-order valence-corrected chi connectivity index (χ0v) is 9.26. The molecule has 0 bridgehead atoms. The topological polar surface area (TPSA) is 82.1 Å². The number of hydrogen-bond donors (Lipinski definition) is 1. The molecule has 0 rings (SSSR count). The molecule has 0 aliphatic heterocycles. The Kier molecular flexibility index (Phi) is 9.52. The zero-order chi connectivity index (χ0) is 12.9. The zero-order valence-electron chi connectivity index (χ0n) is 9.26. The molecule has 17 heavy (non-hydrogen) atoms. The molecule has 0 aliphatic rings. The van der Waals surface area contributed by atoms with Crippen LogP contribution in [-0.2, 0) is 23.8 Å². The Balaban J connectivity index is 3.39. The molecule has 1 N–H and O–H groups in total. The molecule has 1 atom stereocenters. The van der Waals surface area contributed by atoms with Gasteiger partial charge in [0.15, 0.2) is 0 Å². The first-order chi connectivity index (χ1) is 8.24. The molecule has 0 aliphatic carbocycles. The highest BCUT2D eigenvalue weighted by Crippen LogP contribution is 1.91. The molecule has 0 radical (unpaired) electrons. The van der Waals surface area contributed by atoms with Crippen LogP contribution in [0.25, 0.3) is 0 Å². The molecule has 0 aromatic rings. The van der Waals surface area contributed by atoms with E-state index in [4.69, 9.17) is 14.6 Å². The van der Waals surface area contributed by atoms with Crippen molar-refractivity contribution in [2.24, 2.45) is 0 Å². The number of carbonyl (C=O) groups is 2. The molecule has 0 aromatic carbocycles. The number of rotatable bonds is 9. The molecule has 0 spiro atoms. The van der Waals surface area contributed by atoms with E-state index in [1.807, 2.05) is 0 Å². The van der Waals surface area contributed by atoms with E-state index in [0.29, 0.717) is 0 Å². The average molecular weight is 242 g/mol. The van der Waals surface area contributed by atoms with Crippen molar-refractivity contribution >= 4 is 12.3 Å². The summed E-state index contributed by atoms with van der Waals surface area (Å²) in [5.74, 6) is 1.44. The van der Waals surface area contributed by atoms with Gasteiger partial charge in [-0.1, -0.05) is 12.7 Å². The van der Waals surface area contributed by atoms with E-state index >= 15 is 0 Å². The Morgan fingerprint density at radius 2 is 2.06 bits per heavy atom. The van der Waals surface area contributed by atoms with Crippen molar-refractivity contribution in [2.45, 2.75) is 6.10 Å². The lowest BCUT2D eigenvalue weighted by Crippen LogP contribution is -2.15. The highest BCUT2D eigenvalue weighted by molar-refractivity contribution is 6.20. The van der Waals surface area contributed by atoms with Crippen LogP contribution in [0.15, 0.2) is 12.7 Å². The van der Waals surface area contributed by atoms with Gasteiger partial charge in [-0.25, -0.2) is 4.79 Å². The van der Waals surface area contributed by atoms with E-state index in [0.717, 1.165) is 0 Å². The Labute approximate surface area is 99.2 Å². The number of ether oxygens (including phenoxy) is 3. The predicted octanol–water partition coefficient (Wildman–Crippen LogP) is -0.350. The van der Waals surface area contributed by atoms with E-state index in [2.05, 4.69) is 17.2 Å². The molecule has 0 saturated heterocycles. The second-order valence-electron chi connectivity index (χ2n) is 2.68. The lowest BCUT2D eigenvalue weighted by Gasteiger charge is -2.07. The first kappa shape index (κ1) is 15.2. The third kappa shape index (κ3) is 9.11. The summed E-state index contributed by atoms with van der Waals surface area (Å²) in [6, 6.07) is 0. The molecule has 0 heterocycles. The van der Waals surface area contributed by atoms with Crippen molar-refractivity contribution < 1.29 is 28.9 Å². The van der Waals surface area contributed by atoms with Gasteiger partial charge >= 0.3 is 5.97 Å². The lowest BCUT2D eigenvalue weighted by molar-refractivity contribution is -0.149. The minimum atomic E-state index is -0.921. The van der Waals surface area contributed by atoms with E-state index in [1.165, 1.54) is 6.08 Å². The van der Waals surface area contributed by atoms with Crippen LogP contribution in [0.1, 0.15) is 0 Å². The van der Waals surface area contributed by atoms with Crippen molar-refractivity contribution in [2.75, 3.05) is 26.4 Å². The molecule has 6 nitrogen and oxygen atoms in total. The van der Waals surface area contributed by atoms with Crippen LogP contribution in [0.4, 0.5) is 0 Å². The lowest BCUT2D eigenvalue weighted by atomic mass is 10.4. The van der Waals surface area contributed by atoms with E-state index in [1.54, 1.807) is 6.11 Å². The van der Waals surface area contributed by atoms with Crippen LogP contribution in [0, 0.1) is 12.0 Å². The third-order valence-electron chi connectivity index (χ3n) is 1.51. The molecule has 0 aromatic heterocycles. The molecular formula is C11H14O6. The highest BCUT2D eigenvalue weighted by Gasteiger charge is 2.00. The van der Waals surface area contributed by atoms with Gasteiger partial charge in [0.05, 0.1) is 19.8 Å². The van der Waals surface area contributed by atoms with E-state index in [-0.39, 0.29) is 32.7 Å². The third-order valence-corrected chi connectivity index (χ3v) is 1.51. The normalized spacial score (nSPS) is 10.8. The van der Waals surface area contributed by atoms with Crippen molar-refractivity contribution in [3.63, 3.8) is 0 Å². The SMILES string of the molecule is C=CC(C#CO)OCCOCCOC(=O)C=O. The number of hydrogen-bond acceptors (Lipinski definition) is 6. The maximum Gasteiger partial charge on any atom is 0.371 e. The van der Waals surface area contributed by atoms with Crippen LogP contribution in [0.2, 0.25) is 0 Å². The first-order valence-corrected chi connectivity index (χ1v) is 4.83. The van der Waals surface area contributed by atoms with Gasteiger partial charge in [-0.2, -0.15) is 0 Å². The summed E-state index contributed by atoms with van der Waals surface area (Å²) in [7, 11) is 0. The Morgan fingerprint density at radius 3 is 2.65 bits per heavy atom. The Hall–Kier alpha value is -1.84. The fourth-order valence-corrected chi connectivity index (χ4v) is 0.804. The van der Waals surface area contributed by atoms with Crippen LogP contribution < -0.4 is 0 Å². The van der Waals surface area contributed by atoms with Gasteiger partial charge in [0.2, 0.25) is 6.29 Å². The van der Waals surface area contributed by atoms with Crippen molar-refractivity contribution in [3.05, 3.63) is 12.7 Å². The number of aliphatic hydroxyl groups excluding tert-OH is 1. The average Bonchev–Trinajstić information content (AvgIpc) is 2.35. The second-order valence-corrected chi connectivity index (χ2v) is 2.68. The summed E-state index contributed by atoms with van der Waals surface area (Å²) in [6.07, 6.45) is 2.70. The fraction of sp³-hybridized carbons (Fsp3) is 0.455. The Bertz CT molecular complexity index is 301. The standard InChI is InChI=1S/C11H14O6/c1-2-10(3-4-12)16-7-5-15-6-8-17-11(14)9-13/h2,9-10,12H,1,5-8H2. The molecular weight excluding hydrogens is 228 g/mol. The summed E-state index contributed by atoms with van der Waals surface area (Å²) < 4.78 is 14.6. The summed E-state index contributed by atoms with van der Waals surface area (Å²) >= 11 is 0. The van der Waals surface area contributed by atoms with Gasteiger partial charge in [-0.05, 0) is 5.92 Å².